The van der Waals surface area contributed by atoms with Gasteiger partial charge in [-0.15, -0.1) is 10.1 Å². The molecular weight excluding hydrogens is 340 g/mol. The van der Waals surface area contributed by atoms with Crippen LogP contribution in [0, 0.1) is 27.4 Å². The molecule has 0 aromatic heterocycles. The summed E-state index contributed by atoms with van der Waals surface area (Å²) in [6.07, 6.45) is 1.80. The highest BCUT2D eigenvalue weighted by atomic mass is 17.0. The van der Waals surface area contributed by atoms with Crippen LogP contribution in [0.5, 0.6) is 5.75 Å². The van der Waals surface area contributed by atoms with Crippen LogP contribution >= 0.6 is 0 Å². The molecule has 5 atom stereocenters. The molecular formula is C18H22N2O6. The van der Waals surface area contributed by atoms with Crippen molar-refractivity contribution in [1.82, 2.24) is 0 Å². The summed E-state index contributed by atoms with van der Waals surface area (Å²) in [4.78, 5) is 16.1. The number of aliphatic hydroxyl groups is 1. The molecule has 1 aromatic carbocycles. The molecule has 4 rings (SSSR count). The fraction of sp³-hybridized carbons (Fsp3) is 0.611. The van der Waals surface area contributed by atoms with Gasteiger partial charge in [0.05, 0.1) is 5.71 Å². The Morgan fingerprint density at radius 3 is 2.73 bits per heavy atom. The minimum absolute atomic E-state index is 0.0481. The van der Waals surface area contributed by atoms with Crippen LogP contribution in [0.1, 0.15) is 43.7 Å². The third kappa shape index (κ3) is 2.14. The van der Waals surface area contributed by atoms with Crippen molar-refractivity contribution in [3.63, 3.8) is 0 Å². The van der Waals surface area contributed by atoms with E-state index >= 15 is 0 Å². The van der Waals surface area contributed by atoms with E-state index < -0.39 is 22.2 Å². The smallest absolute Gasteiger partial charge is 0.294 e. The molecule has 26 heavy (non-hydrogen) atoms. The van der Waals surface area contributed by atoms with Crippen molar-refractivity contribution in [3.05, 3.63) is 39.4 Å². The Morgan fingerprint density at radius 2 is 2.04 bits per heavy atom. The number of rotatable bonds is 2. The van der Waals surface area contributed by atoms with Gasteiger partial charge in [-0.05, 0) is 67.2 Å². The zero-order chi connectivity index (χ0) is 18.7. The standard InChI is InChI=1S/C18H22N2O6/c1-17-9-16(26-20(24)25)18(22)12-5-3-11(21)8-10(12)2-4-14(18)13(17)6-7-15(17)19-23/h3,5,8,13-14,16,21-23H,2,4,6-7,9H2,1H3/b19-15+/t13-,14-,16-,17-,18-/m0/s1. The topological polar surface area (TPSA) is 125 Å². The summed E-state index contributed by atoms with van der Waals surface area (Å²) in [6, 6.07) is 4.74. The summed E-state index contributed by atoms with van der Waals surface area (Å²) >= 11 is 0. The highest BCUT2D eigenvalue weighted by Gasteiger charge is 2.64. The summed E-state index contributed by atoms with van der Waals surface area (Å²) in [5.74, 6) is -0.0943. The van der Waals surface area contributed by atoms with Crippen LogP contribution in [0.2, 0.25) is 0 Å². The summed E-state index contributed by atoms with van der Waals surface area (Å²) in [5, 5.41) is 44.7. The number of oxime groups is 1. The van der Waals surface area contributed by atoms with E-state index in [9.17, 15) is 25.5 Å². The van der Waals surface area contributed by atoms with Crippen LogP contribution in [0.4, 0.5) is 0 Å². The van der Waals surface area contributed by atoms with E-state index in [0.29, 0.717) is 30.5 Å². The molecule has 8 heteroatoms. The predicted octanol–water partition coefficient (Wildman–Crippen LogP) is 2.37. The van der Waals surface area contributed by atoms with Gasteiger partial charge in [0.25, 0.3) is 5.09 Å². The second kappa shape index (κ2) is 5.57. The number of fused-ring (bicyclic) bond motifs is 5. The van der Waals surface area contributed by atoms with Crippen LogP contribution in [-0.2, 0) is 16.9 Å². The Morgan fingerprint density at radius 1 is 1.31 bits per heavy atom. The zero-order valence-corrected chi connectivity index (χ0v) is 14.5. The second-order valence-electron chi connectivity index (χ2n) is 7.94. The van der Waals surface area contributed by atoms with E-state index in [1.165, 1.54) is 6.07 Å². The maximum Gasteiger partial charge on any atom is 0.294 e. The molecule has 0 saturated heterocycles. The van der Waals surface area contributed by atoms with Crippen molar-refractivity contribution in [2.24, 2.45) is 22.4 Å². The van der Waals surface area contributed by atoms with Gasteiger partial charge in [-0.2, -0.15) is 0 Å². The van der Waals surface area contributed by atoms with Crippen molar-refractivity contribution < 1.29 is 25.3 Å². The van der Waals surface area contributed by atoms with Crippen molar-refractivity contribution in [2.45, 2.75) is 50.7 Å². The van der Waals surface area contributed by atoms with Gasteiger partial charge in [-0.25, -0.2) is 0 Å². The van der Waals surface area contributed by atoms with Gasteiger partial charge in [0.1, 0.15) is 17.5 Å². The highest BCUT2D eigenvalue weighted by Crippen LogP contribution is 2.62. The minimum atomic E-state index is -1.51. The number of phenols is 1. The molecule has 0 bridgehead atoms. The Labute approximate surface area is 150 Å². The van der Waals surface area contributed by atoms with E-state index in [-0.39, 0.29) is 24.0 Å². The number of nitrogens with zero attached hydrogens (tertiary/aromatic N) is 2. The quantitative estimate of drug-likeness (QED) is 0.421. The van der Waals surface area contributed by atoms with Crippen LogP contribution in [-0.4, -0.2) is 32.3 Å². The fourth-order valence-corrected chi connectivity index (χ4v) is 5.78. The lowest BCUT2D eigenvalue weighted by Gasteiger charge is -2.56. The molecule has 0 spiro atoms. The average Bonchev–Trinajstić information content (AvgIpc) is 2.90. The number of aryl methyl sites for hydroxylation is 1. The van der Waals surface area contributed by atoms with Crippen LogP contribution in [0.25, 0.3) is 0 Å². The molecule has 3 aliphatic carbocycles. The number of hydrogen-bond acceptors (Lipinski definition) is 7. The van der Waals surface area contributed by atoms with E-state index in [4.69, 9.17) is 4.84 Å². The Balaban J connectivity index is 1.87. The summed E-state index contributed by atoms with van der Waals surface area (Å²) in [7, 11) is 0. The second-order valence-corrected chi connectivity index (χ2v) is 7.94. The Kier molecular flexibility index (Phi) is 3.66. The molecule has 1 aromatic rings. The lowest BCUT2D eigenvalue weighted by Crippen LogP contribution is -2.61. The van der Waals surface area contributed by atoms with Gasteiger partial charge in [0.15, 0.2) is 0 Å². The van der Waals surface area contributed by atoms with Crippen molar-refractivity contribution in [1.29, 1.82) is 0 Å². The van der Waals surface area contributed by atoms with E-state index in [0.717, 1.165) is 12.0 Å². The highest BCUT2D eigenvalue weighted by molar-refractivity contribution is 5.92. The molecule has 140 valence electrons. The van der Waals surface area contributed by atoms with Crippen LogP contribution < -0.4 is 0 Å². The molecule has 8 nitrogen and oxygen atoms in total. The van der Waals surface area contributed by atoms with Gasteiger partial charge in [-0.1, -0.05) is 18.1 Å². The first-order valence-corrected chi connectivity index (χ1v) is 8.88. The van der Waals surface area contributed by atoms with Crippen molar-refractivity contribution in [3.8, 4) is 5.75 Å². The molecule has 0 amide bonds. The van der Waals surface area contributed by atoms with E-state index in [1.807, 2.05) is 6.92 Å². The summed E-state index contributed by atoms with van der Waals surface area (Å²) < 4.78 is 0. The number of aromatic hydroxyl groups is 1. The van der Waals surface area contributed by atoms with Gasteiger partial charge in [0, 0.05) is 5.41 Å². The molecule has 2 saturated carbocycles. The normalized spacial score (nSPS) is 39.8. The third-order valence-corrected chi connectivity index (χ3v) is 6.90. The van der Waals surface area contributed by atoms with E-state index in [1.54, 1.807) is 12.1 Å². The first-order valence-electron chi connectivity index (χ1n) is 8.88. The van der Waals surface area contributed by atoms with E-state index in [2.05, 4.69) is 5.16 Å². The largest absolute Gasteiger partial charge is 0.508 e. The van der Waals surface area contributed by atoms with Gasteiger partial charge >= 0.3 is 0 Å². The van der Waals surface area contributed by atoms with Crippen molar-refractivity contribution >= 4 is 5.71 Å². The first kappa shape index (κ1) is 17.1. The molecule has 0 unspecified atom stereocenters. The Bertz CT molecular complexity index is 796. The van der Waals surface area contributed by atoms with Crippen molar-refractivity contribution in [2.75, 3.05) is 0 Å². The maximum atomic E-state index is 11.7. The zero-order valence-electron chi connectivity index (χ0n) is 14.5. The molecule has 3 N–H and O–H groups in total. The van der Waals surface area contributed by atoms with Gasteiger partial charge in [-0.3, -0.25) is 0 Å². The Hall–Kier alpha value is -2.35. The maximum absolute atomic E-state index is 11.7. The molecule has 3 aliphatic rings. The predicted molar refractivity (Wildman–Crippen MR) is 90.4 cm³/mol. The minimum Gasteiger partial charge on any atom is -0.508 e. The lowest BCUT2D eigenvalue weighted by atomic mass is 9.52. The van der Waals surface area contributed by atoms with Crippen LogP contribution in [0.3, 0.4) is 0 Å². The molecule has 0 heterocycles. The SMILES string of the molecule is C[C@]12C[C@H](O[N+](=O)[O-])[C@]3(O)c4ccc(O)cc4CC[C@H]3[C@@H]1CC/C2=N\O. The molecule has 0 aliphatic heterocycles. The van der Waals surface area contributed by atoms with Gasteiger partial charge in [0.2, 0.25) is 0 Å². The monoisotopic (exact) mass is 362 g/mol. The first-order chi connectivity index (χ1) is 12.3. The lowest BCUT2D eigenvalue weighted by molar-refractivity contribution is -0.775. The summed E-state index contributed by atoms with van der Waals surface area (Å²) in [5.41, 5.74) is -0.0457. The van der Waals surface area contributed by atoms with Crippen LogP contribution in [0.15, 0.2) is 23.4 Å². The number of phenolic OH excluding ortho intramolecular Hbond substituents is 1. The fourth-order valence-electron chi connectivity index (χ4n) is 5.78. The third-order valence-electron chi connectivity index (χ3n) is 6.90. The number of benzene rings is 1. The number of hydrogen-bond donors (Lipinski definition) is 3. The van der Waals surface area contributed by atoms with Gasteiger partial charge < -0.3 is 20.3 Å². The molecule has 2 fully saturated rings. The summed E-state index contributed by atoms with van der Waals surface area (Å²) in [6.45, 7) is 1.95. The average molecular weight is 362 g/mol. The molecule has 0 radical (unpaired) electrons.